The fraction of sp³-hybridized carbons (Fsp3) is 0.346. The smallest absolute Gasteiger partial charge is 0.271 e. The van der Waals surface area contributed by atoms with Gasteiger partial charge in [-0.3, -0.25) is 14.3 Å². The van der Waals surface area contributed by atoms with Gasteiger partial charge in [0.05, 0.1) is 11.9 Å². The van der Waals surface area contributed by atoms with Gasteiger partial charge in [0, 0.05) is 19.2 Å². The molecule has 0 saturated carbocycles. The third-order valence-corrected chi connectivity index (χ3v) is 5.21. The van der Waals surface area contributed by atoms with Crippen LogP contribution in [0.25, 0.3) is 0 Å². The fourth-order valence-corrected chi connectivity index (χ4v) is 3.29. The van der Waals surface area contributed by atoms with Crippen LogP contribution >= 0.6 is 0 Å². The summed E-state index contributed by atoms with van der Waals surface area (Å²) in [4.78, 5) is 25.4. The number of aryl methyl sites for hydroxylation is 1. The van der Waals surface area contributed by atoms with E-state index in [0.29, 0.717) is 41.9 Å². The quantitative estimate of drug-likeness (QED) is 0.494. The van der Waals surface area contributed by atoms with E-state index in [9.17, 15) is 9.59 Å². The number of amides is 2. The van der Waals surface area contributed by atoms with E-state index in [-0.39, 0.29) is 11.8 Å². The number of aromatic nitrogens is 2. The third-order valence-electron chi connectivity index (χ3n) is 5.21. The zero-order chi connectivity index (χ0) is 24.0. The summed E-state index contributed by atoms with van der Waals surface area (Å²) in [7, 11) is 1.67. The van der Waals surface area contributed by atoms with Crippen LogP contribution in [-0.2, 0) is 13.7 Å². The Hall–Kier alpha value is -3.61. The summed E-state index contributed by atoms with van der Waals surface area (Å²) in [6.45, 7) is 9.22. The summed E-state index contributed by atoms with van der Waals surface area (Å²) < 4.78 is 7.34. The predicted molar refractivity (Wildman–Crippen MR) is 130 cm³/mol. The molecule has 3 rings (SSSR count). The average molecular weight is 449 g/mol. The van der Waals surface area contributed by atoms with Crippen molar-refractivity contribution >= 4 is 17.5 Å². The molecule has 0 fully saturated rings. The highest BCUT2D eigenvalue weighted by molar-refractivity contribution is 6.08. The second-order valence-electron chi connectivity index (χ2n) is 8.80. The topological polar surface area (TPSA) is 85.2 Å². The molecule has 0 saturated heterocycles. The molecule has 0 radical (unpaired) electrons. The molecule has 7 heteroatoms. The molecule has 1 aromatic heterocycles. The van der Waals surface area contributed by atoms with Gasteiger partial charge in [0.2, 0.25) is 0 Å². The summed E-state index contributed by atoms with van der Waals surface area (Å²) in [6, 6.07) is 15.3. The highest BCUT2D eigenvalue weighted by atomic mass is 16.5. The second-order valence-corrected chi connectivity index (χ2v) is 8.80. The molecule has 0 aliphatic carbocycles. The summed E-state index contributed by atoms with van der Waals surface area (Å²) >= 11 is 0. The van der Waals surface area contributed by atoms with Gasteiger partial charge in [0.25, 0.3) is 11.8 Å². The lowest BCUT2D eigenvalue weighted by Gasteiger charge is -2.11. The van der Waals surface area contributed by atoms with Gasteiger partial charge in [0.1, 0.15) is 18.1 Å². The molecule has 33 heavy (non-hydrogen) atoms. The van der Waals surface area contributed by atoms with Crippen molar-refractivity contribution < 1.29 is 14.3 Å². The monoisotopic (exact) mass is 448 g/mol. The molecule has 2 amide bonds. The molecule has 0 spiro atoms. The van der Waals surface area contributed by atoms with E-state index in [1.807, 2.05) is 38.1 Å². The molecule has 3 aromatic rings. The van der Waals surface area contributed by atoms with Crippen LogP contribution in [0.5, 0.6) is 5.75 Å². The maximum atomic E-state index is 12.9. The van der Waals surface area contributed by atoms with Gasteiger partial charge in [-0.2, -0.15) is 5.10 Å². The SMILES string of the molecule is CC(C)CNC(=O)c1c(NC(=O)c2cccc(COc3ccc(C(C)C)cc3)c2)cnn1C. The first-order valence-corrected chi connectivity index (χ1v) is 11.2. The Kier molecular flexibility index (Phi) is 7.87. The van der Waals surface area contributed by atoms with Gasteiger partial charge in [-0.05, 0) is 47.2 Å². The Morgan fingerprint density at radius 3 is 2.42 bits per heavy atom. The van der Waals surface area contributed by atoms with Gasteiger partial charge in [-0.15, -0.1) is 0 Å². The molecule has 0 unspecified atom stereocenters. The van der Waals surface area contributed by atoms with Crippen LogP contribution in [0.15, 0.2) is 54.7 Å². The molecule has 1 heterocycles. The summed E-state index contributed by atoms with van der Waals surface area (Å²) in [5, 5.41) is 9.80. The third kappa shape index (κ3) is 6.44. The first kappa shape index (κ1) is 24.0. The molecular weight excluding hydrogens is 416 g/mol. The number of carbonyl (C=O) groups excluding carboxylic acids is 2. The summed E-state index contributed by atoms with van der Waals surface area (Å²) in [5.41, 5.74) is 3.29. The minimum Gasteiger partial charge on any atom is -0.489 e. The molecule has 0 atom stereocenters. The zero-order valence-electron chi connectivity index (χ0n) is 19.9. The maximum absolute atomic E-state index is 12.9. The lowest BCUT2D eigenvalue weighted by atomic mass is 10.0. The van der Waals surface area contributed by atoms with Crippen molar-refractivity contribution in [1.82, 2.24) is 15.1 Å². The van der Waals surface area contributed by atoms with Crippen molar-refractivity contribution in [3.05, 3.63) is 77.1 Å². The van der Waals surface area contributed by atoms with E-state index < -0.39 is 0 Å². The Balaban J connectivity index is 1.66. The second kappa shape index (κ2) is 10.8. The minimum absolute atomic E-state index is 0.273. The standard InChI is InChI=1S/C26H32N4O3/c1-17(2)14-27-26(32)24-23(15-28-30(24)5)29-25(31)21-8-6-7-19(13-21)16-33-22-11-9-20(10-12-22)18(3)4/h6-13,15,17-18H,14,16H2,1-5H3,(H,27,32)(H,29,31). The fourth-order valence-electron chi connectivity index (χ4n) is 3.29. The van der Waals surface area contributed by atoms with Gasteiger partial charge in [-0.1, -0.05) is 52.0 Å². The summed E-state index contributed by atoms with van der Waals surface area (Å²) in [6.07, 6.45) is 1.48. The van der Waals surface area contributed by atoms with Crippen LogP contribution in [0.1, 0.15) is 65.6 Å². The number of nitrogens with one attached hydrogen (secondary N) is 2. The minimum atomic E-state index is -0.316. The normalized spacial score (nSPS) is 11.0. The van der Waals surface area contributed by atoms with Crippen molar-refractivity contribution in [3.63, 3.8) is 0 Å². The zero-order valence-corrected chi connectivity index (χ0v) is 19.9. The van der Waals surface area contributed by atoms with Crippen molar-refractivity contribution in [3.8, 4) is 5.75 Å². The van der Waals surface area contributed by atoms with Crippen LogP contribution in [0, 0.1) is 5.92 Å². The van der Waals surface area contributed by atoms with E-state index in [0.717, 1.165) is 11.3 Å². The number of nitrogens with zero attached hydrogens (tertiary/aromatic N) is 2. The van der Waals surface area contributed by atoms with E-state index >= 15 is 0 Å². The van der Waals surface area contributed by atoms with Gasteiger partial charge in [-0.25, -0.2) is 0 Å². The van der Waals surface area contributed by atoms with E-state index in [2.05, 4.69) is 41.7 Å². The lowest BCUT2D eigenvalue weighted by molar-refractivity contribution is 0.0940. The van der Waals surface area contributed by atoms with Crippen molar-refractivity contribution in [2.24, 2.45) is 13.0 Å². The van der Waals surface area contributed by atoms with Gasteiger partial charge < -0.3 is 15.4 Å². The largest absolute Gasteiger partial charge is 0.489 e. The molecular formula is C26H32N4O3. The number of hydrogen-bond acceptors (Lipinski definition) is 4. The Morgan fingerprint density at radius 1 is 1.03 bits per heavy atom. The van der Waals surface area contributed by atoms with E-state index in [1.54, 1.807) is 19.2 Å². The number of hydrogen-bond donors (Lipinski definition) is 2. The molecule has 0 aliphatic heterocycles. The Bertz CT molecular complexity index is 1100. The first-order valence-electron chi connectivity index (χ1n) is 11.2. The van der Waals surface area contributed by atoms with Crippen molar-refractivity contribution in [1.29, 1.82) is 0 Å². The van der Waals surface area contributed by atoms with Crippen molar-refractivity contribution in [2.45, 2.75) is 40.2 Å². The van der Waals surface area contributed by atoms with Gasteiger partial charge in [0.15, 0.2) is 0 Å². The Morgan fingerprint density at radius 2 is 1.76 bits per heavy atom. The number of ether oxygens (including phenoxy) is 1. The molecule has 2 aromatic carbocycles. The number of benzene rings is 2. The number of anilines is 1. The van der Waals surface area contributed by atoms with Crippen LogP contribution in [-0.4, -0.2) is 28.1 Å². The predicted octanol–water partition coefficient (Wildman–Crippen LogP) is 4.76. The van der Waals surface area contributed by atoms with Crippen LogP contribution in [0.3, 0.4) is 0 Å². The molecule has 0 bridgehead atoms. The molecule has 2 N–H and O–H groups in total. The van der Waals surface area contributed by atoms with E-state index in [1.165, 1.54) is 16.4 Å². The highest BCUT2D eigenvalue weighted by Crippen LogP contribution is 2.20. The van der Waals surface area contributed by atoms with E-state index in [4.69, 9.17) is 4.74 Å². The first-order chi connectivity index (χ1) is 15.7. The van der Waals surface area contributed by atoms with Gasteiger partial charge >= 0.3 is 0 Å². The van der Waals surface area contributed by atoms with Crippen molar-refractivity contribution in [2.75, 3.05) is 11.9 Å². The van der Waals surface area contributed by atoms with Crippen LogP contribution in [0.4, 0.5) is 5.69 Å². The highest BCUT2D eigenvalue weighted by Gasteiger charge is 2.19. The maximum Gasteiger partial charge on any atom is 0.271 e. The van der Waals surface area contributed by atoms with Crippen LogP contribution < -0.4 is 15.4 Å². The van der Waals surface area contributed by atoms with Crippen LogP contribution in [0.2, 0.25) is 0 Å². The molecule has 7 nitrogen and oxygen atoms in total. The molecule has 0 aliphatic rings. The average Bonchev–Trinajstić information content (AvgIpc) is 3.16. The molecule has 174 valence electrons. The number of rotatable bonds is 9. The Labute approximate surface area is 195 Å². The lowest BCUT2D eigenvalue weighted by Crippen LogP contribution is -2.30. The summed E-state index contributed by atoms with van der Waals surface area (Å²) in [5.74, 6) is 0.976. The number of carbonyl (C=O) groups is 2.